The van der Waals surface area contributed by atoms with Gasteiger partial charge in [0, 0.05) is 25.5 Å². The Morgan fingerprint density at radius 3 is 2.88 bits per heavy atom. The highest BCUT2D eigenvalue weighted by Crippen LogP contribution is 2.31. The van der Waals surface area contributed by atoms with Gasteiger partial charge in [-0.15, -0.1) is 0 Å². The fourth-order valence-electron chi connectivity index (χ4n) is 1.93. The van der Waals surface area contributed by atoms with Gasteiger partial charge in [-0.2, -0.15) is 5.26 Å². The van der Waals surface area contributed by atoms with Crippen LogP contribution >= 0.6 is 11.6 Å². The van der Waals surface area contributed by atoms with Gasteiger partial charge in [-0.25, -0.2) is 0 Å². The van der Waals surface area contributed by atoms with Crippen molar-refractivity contribution in [2.45, 2.75) is 6.42 Å². The van der Waals surface area contributed by atoms with E-state index in [1.54, 1.807) is 17.0 Å². The van der Waals surface area contributed by atoms with Crippen LogP contribution < -0.4 is 4.90 Å². The normalized spacial score (nSPS) is 19.5. The molecule has 1 amide bonds. The van der Waals surface area contributed by atoms with Crippen molar-refractivity contribution in [3.05, 3.63) is 28.8 Å². The molecule has 2 rings (SSSR count). The van der Waals surface area contributed by atoms with Gasteiger partial charge in [0.15, 0.2) is 0 Å². The first-order valence-corrected chi connectivity index (χ1v) is 5.64. The molecule has 1 aromatic rings. The number of nitrogens with zero attached hydrogens (tertiary/aromatic N) is 2. The molecule has 4 nitrogen and oxygen atoms in total. The van der Waals surface area contributed by atoms with Crippen molar-refractivity contribution < 1.29 is 9.90 Å². The van der Waals surface area contributed by atoms with Crippen molar-refractivity contribution in [2.24, 2.45) is 5.92 Å². The summed E-state index contributed by atoms with van der Waals surface area (Å²) in [6.07, 6.45) is 0.340. The lowest BCUT2D eigenvalue weighted by Gasteiger charge is -2.17. The van der Waals surface area contributed by atoms with Gasteiger partial charge in [-0.3, -0.25) is 4.79 Å². The predicted molar refractivity (Wildman–Crippen MR) is 63.7 cm³/mol. The Bertz CT molecular complexity index is 496. The number of carbonyl (C=O) groups excluding carboxylic acids is 1. The number of carbonyl (C=O) groups is 1. The second kappa shape index (κ2) is 4.74. The van der Waals surface area contributed by atoms with Crippen LogP contribution in [-0.4, -0.2) is 24.2 Å². The lowest BCUT2D eigenvalue weighted by atomic mass is 10.1. The number of anilines is 1. The molecule has 0 saturated carbocycles. The van der Waals surface area contributed by atoms with E-state index in [9.17, 15) is 4.79 Å². The molecule has 0 spiro atoms. The van der Waals surface area contributed by atoms with E-state index < -0.39 is 0 Å². The number of amides is 1. The van der Waals surface area contributed by atoms with Crippen LogP contribution in [0.5, 0.6) is 0 Å². The Kier molecular flexibility index (Phi) is 3.32. The molecule has 1 unspecified atom stereocenters. The zero-order valence-electron chi connectivity index (χ0n) is 9.06. The third-order valence-electron chi connectivity index (χ3n) is 2.83. The maximum absolute atomic E-state index is 11.7. The largest absolute Gasteiger partial charge is 0.396 e. The minimum atomic E-state index is -0.0457. The smallest absolute Gasteiger partial charge is 0.227 e. The molecule has 88 valence electrons. The minimum Gasteiger partial charge on any atom is -0.396 e. The van der Waals surface area contributed by atoms with Crippen molar-refractivity contribution in [3.63, 3.8) is 0 Å². The van der Waals surface area contributed by atoms with Crippen molar-refractivity contribution >= 4 is 23.2 Å². The Labute approximate surface area is 104 Å². The number of rotatable bonds is 2. The first-order chi connectivity index (χ1) is 8.15. The topological polar surface area (TPSA) is 64.3 Å². The first-order valence-electron chi connectivity index (χ1n) is 5.26. The summed E-state index contributed by atoms with van der Waals surface area (Å²) in [7, 11) is 0. The SMILES string of the molecule is N#Cc1ccc(N2CC(CO)CC2=O)c(Cl)c1. The van der Waals surface area contributed by atoms with Crippen LogP contribution in [-0.2, 0) is 4.79 Å². The maximum Gasteiger partial charge on any atom is 0.227 e. The van der Waals surface area contributed by atoms with Gasteiger partial charge in [0.25, 0.3) is 0 Å². The van der Waals surface area contributed by atoms with E-state index in [0.717, 1.165) is 0 Å². The van der Waals surface area contributed by atoms with E-state index in [2.05, 4.69) is 0 Å². The molecule has 1 saturated heterocycles. The van der Waals surface area contributed by atoms with Crippen molar-refractivity contribution in [2.75, 3.05) is 18.1 Å². The summed E-state index contributed by atoms with van der Waals surface area (Å²) in [4.78, 5) is 13.3. The van der Waals surface area contributed by atoms with Gasteiger partial charge in [0.1, 0.15) is 0 Å². The van der Waals surface area contributed by atoms with E-state index in [4.69, 9.17) is 22.0 Å². The van der Waals surface area contributed by atoms with E-state index in [0.29, 0.717) is 29.2 Å². The Balaban J connectivity index is 2.29. The van der Waals surface area contributed by atoms with Gasteiger partial charge in [0.2, 0.25) is 5.91 Å². The molecular formula is C12H11ClN2O2. The lowest BCUT2D eigenvalue weighted by molar-refractivity contribution is -0.117. The van der Waals surface area contributed by atoms with Crippen LogP contribution in [0.25, 0.3) is 0 Å². The van der Waals surface area contributed by atoms with Gasteiger partial charge >= 0.3 is 0 Å². The highest BCUT2D eigenvalue weighted by Gasteiger charge is 2.31. The van der Waals surface area contributed by atoms with E-state index >= 15 is 0 Å². The molecule has 5 heteroatoms. The summed E-state index contributed by atoms with van der Waals surface area (Å²) in [6, 6.07) is 6.82. The minimum absolute atomic E-state index is 0.00383. The number of aliphatic hydroxyl groups is 1. The molecule has 1 aliphatic heterocycles. The van der Waals surface area contributed by atoms with Gasteiger partial charge in [0.05, 0.1) is 22.3 Å². The average molecular weight is 251 g/mol. The van der Waals surface area contributed by atoms with Crippen LogP contribution in [0, 0.1) is 17.2 Å². The highest BCUT2D eigenvalue weighted by atomic mass is 35.5. The maximum atomic E-state index is 11.7. The molecule has 0 aromatic heterocycles. The quantitative estimate of drug-likeness (QED) is 0.866. The number of halogens is 1. The lowest BCUT2D eigenvalue weighted by Crippen LogP contribution is -2.25. The molecular weight excluding hydrogens is 240 g/mol. The Morgan fingerprint density at radius 2 is 2.35 bits per heavy atom. The molecule has 1 aliphatic rings. The third-order valence-corrected chi connectivity index (χ3v) is 3.13. The molecule has 1 atom stereocenters. The average Bonchev–Trinajstić information content (AvgIpc) is 2.70. The number of benzene rings is 1. The molecule has 0 bridgehead atoms. The summed E-state index contributed by atoms with van der Waals surface area (Å²) in [6.45, 7) is 0.469. The number of nitriles is 1. The number of hydrogen-bond donors (Lipinski definition) is 1. The molecule has 1 N–H and O–H groups in total. The van der Waals surface area contributed by atoms with Crippen LogP contribution in [0.2, 0.25) is 5.02 Å². The van der Waals surface area contributed by atoms with Crippen LogP contribution in [0.15, 0.2) is 18.2 Å². The summed E-state index contributed by atoms with van der Waals surface area (Å²) in [5.41, 5.74) is 1.07. The van der Waals surface area contributed by atoms with Crippen LogP contribution in [0.4, 0.5) is 5.69 Å². The zero-order valence-corrected chi connectivity index (χ0v) is 9.81. The van der Waals surface area contributed by atoms with Gasteiger partial charge in [-0.1, -0.05) is 11.6 Å². The highest BCUT2D eigenvalue weighted by molar-refractivity contribution is 6.34. The third kappa shape index (κ3) is 2.26. The van der Waals surface area contributed by atoms with Gasteiger partial charge in [-0.05, 0) is 18.2 Å². The van der Waals surface area contributed by atoms with Crippen LogP contribution in [0.1, 0.15) is 12.0 Å². The summed E-state index contributed by atoms with van der Waals surface area (Å²) < 4.78 is 0. The number of aliphatic hydroxyl groups excluding tert-OH is 1. The molecule has 1 aromatic carbocycles. The zero-order chi connectivity index (χ0) is 12.4. The second-order valence-electron chi connectivity index (χ2n) is 4.04. The molecule has 0 aliphatic carbocycles. The summed E-state index contributed by atoms with van der Waals surface area (Å²) >= 11 is 6.04. The fourth-order valence-corrected chi connectivity index (χ4v) is 2.21. The monoisotopic (exact) mass is 250 g/mol. The summed E-state index contributed by atoms with van der Waals surface area (Å²) in [5.74, 6) is -0.0788. The van der Waals surface area contributed by atoms with Crippen molar-refractivity contribution in [1.82, 2.24) is 0 Å². The number of hydrogen-bond acceptors (Lipinski definition) is 3. The first kappa shape index (κ1) is 11.9. The van der Waals surface area contributed by atoms with E-state index in [-0.39, 0.29) is 18.4 Å². The van der Waals surface area contributed by atoms with Crippen molar-refractivity contribution in [1.29, 1.82) is 5.26 Å². The van der Waals surface area contributed by atoms with E-state index in [1.807, 2.05) is 6.07 Å². The molecule has 0 radical (unpaired) electrons. The summed E-state index contributed by atoms with van der Waals surface area (Å²) in [5, 5.41) is 18.2. The molecule has 1 heterocycles. The van der Waals surface area contributed by atoms with Crippen LogP contribution in [0.3, 0.4) is 0 Å². The fraction of sp³-hybridized carbons (Fsp3) is 0.333. The molecule has 17 heavy (non-hydrogen) atoms. The Morgan fingerprint density at radius 1 is 1.59 bits per heavy atom. The standard InChI is InChI=1S/C12H11ClN2O2/c13-10-3-8(5-14)1-2-11(10)15-6-9(7-16)4-12(15)17/h1-3,9,16H,4,6-7H2. The Hall–Kier alpha value is -1.57. The predicted octanol–water partition coefficient (Wildman–Crippen LogP) is 1.56. The van der Waals surface area contributed by atoms with Gasteiger partial charge < -0.3 is 10.0 Å². The van der Waals surface area contributed by atoms with Crippen molar-refractivity contribution in [3.8, 4) is 6.07 Å². The second-order valence-corrected chi connectivity index (χ2v) is 4.44. The van der Waals surface area contributed by atoms with E-state index in [1.165, 1.54) is 6.07 Å². The molecule has 1 fully saturated rings.